The maximum Gasteiger partial charge on any atom is 0.0638 e. The van der Waals surface area contributed by atoms with Crippen molar-refractivity contribution < 1.29 is 0 Å². The van der Waals surface area contributed by atoms with Crippen LogP contribution in [0.4, 0.5) is 0 Å². The molecule has 96 valence electrons. The number of nitrogens with zero attached hydrogens (tertiary/aromatic N) is 1. The van der Waals surface area contributed by atoms with E-state index in [4.69, 9.17) is 11.6 Å². The van der Waals surface area contributed by atoms with Crippen molar-refractivity contribution in [3.8, 4) is 0 Å². The van der Waals surface area contributed by atoms with E-state index >= 15 is 0 Å². The summed E-state index contributed by atoms with van der Waals surface area (Å²) in [5.41, 5.74) is 4.67. The lowest BCUT2D eigenvalue weighted by Crippen LogP contribution is -2.18. The molecule has 1 aromatic heterocycles. The molecule has 0 saturated heterocycles. The van der Waals surface area contributed by atoms with Crippen LogP contribution < -0.4 is 5.32 Å². The molecule has 0 spiro atoms. The summed E-state index contributed by atoms with van der Waals surface area (Å²) in [6.07, 6.45) is 0. The lowest BCUT2D eigenvalue weighted by atomic mass is 10.1. The number of aromatic amines is 1. The molecule has 0 amide bonds. The second kappa shape index (κ2) is 5.55. The van der Waals surface area contributed by atoms with E-state index in [0.29, 0.717) is 0 Å². The minimum Gasteiger partial charge on any atom is -0.306 e. The fourth-order valence-electron chi connectivity index (χ4n) is 1.96. The van der Waals surface area contributed by atoms with Gasteiger partial charge in [-0.2, -0.15) is 5.10 Å². The maximum absolute atomic E-state index is 5.88. The van der Waals surface area contributed by atoms with Gasteiger partial charge in [0.05, 0.1) is 5.69 Å². The van der Waals surface area contributed by atoms with Gasteiger partial charge in [-0.15, -0.1) is 0 Å². The first kappa shape index (κ1) is 13.1. The maximum atomic E-state index is 5.88. The fourth-order valence-corrected chi connectivity index (χ4v) is 2.08. The number of hydrogen-bond acceptors (Lipinski definition) is 2. The first-order chi connectivity index (χ1) is 8.58. The predicted octanol–water partition coefficient (Wildman–Crippen LogP) is 3.53. The lowest BCUT2D eigenvalue weighted by Gasteiger charge is -2.14. The molecule has 0 radical (unpaired) electrons. The highest BCUT2D eigenvalue weighted by Gasteiger charge is 2.09. The van der Waals surface area contributed by atoms with Crippen LogP contribution in [0.1, 0.15) is 35.5 Å². The number of hydrogen-bond donors (Lipinski definition) is 2. The molecule has 0 aliphatic heterocycles. The Hall–Kier alpha value is -1.32. The summed E-state index contributed by atoms with van der Waals surface area (Å²) >= 11 is 5.88. The van der Waals surface area contributed by atoms with Crippen LogP contribution in [-0.2, 0) is 6.54 Å². The molecule has 0 saturated carbocycles. The Morgan fingerprint density at radius 2 is 1.94 bits per heavy atom. The van der Waals surface area contributed by atoms with Crippen LogP contribution in [0.3, 0.4) is 0 Å². The van der Waals surface area contributed by atoms with E-state index < -0.39 is 0 Å². The van der Waals surface area contributed by atoms with Crippen LogP contribution >= 0.6 is 11.6 Å². The van der Waals surface area contributed by atoms with Gasteiger partial charge < -0.3 is 5.32 Å². The minimum absolute atomic E-state index is 0.288. The smallest absolute Gasteiger partial charge is 0.0638 e. The van der Waals surface area contributed by atoms with E-state index in [1.807, 2.05) is 26.0 Å². The molecule has 2 N–H and O–H groups in total. The van der Waals surface area contributed by atoms with E-state index in [2.05, 4.69) is 34.6 Å². The largest absolute Gasteiger partial charge is 0.306 e. The summed E-state index contributed by atoms with van der Waals surface area (Å²) in [4.78, 5) is 0. The number of rotatable bonds is 4. The SMILES string of the molecule is Cc1n[nH]c(C)c1CN[C@H](C)c1ccc(Cl)cc1. The van der Waals surface area contributed by atoms with Crippen molar-refractivity contribution in [1.82, 2.24) is 15.5 Å². The van der Waals surface area contributed by atoms with Crippen molar-refractivity contribution >= 4 is 11.6 Å². The van der Waals surface area contributed by atoms with Gasteiger partial charge in [-0.3, -0.25) is 5.10 Å². The van der Waals surface area contributed by atoms with Crippen LogP contribution in [0.2, 0.25) is 5.02 Å². The summed E-state index contributed by atoms with van der Waals surface area (Å²) < 4.78 is 0. The minimum atomic E-state index is 0.288. The van der Waals surface area contributed by atoms with Gasteiger partial charge in [-0.1, -0.05) is 23.7 Å². The van der Waals surface area contributed by atoms with Gasteiger partial charge in [0.25, 0.3) is 0 Å². The van der Waals surface area contributed by atoms with Gasteiger partial charge in [-0.05, 0) is 38.5 Å². The Bertz CT molecular complexity index is 497. The van der Waals surface area contributed by atoms with Gasteiger partial charge in [-0.25, -0.2) is 0 Å². The van der Waals surface area contributed by atoms with E-state index in [1.54, 1.807) is 0 Å². The topological polar surface area (TPSA) is 40.7 Å². The van der Waals surface area contributed by atoms with Gasteiger partial charge in [0.2, 0.25) is 0 Å². The molecule has 0 aliphatic carbocycles. The standard InChI is InChI=1S/C14H18ClN3/c1-9(12-4-6-13(15)7-5-12)16-8-14-10(2)17-18-11(14)3/h4-7,9,16H,8H2,1-3H3,(H,17,18)/t9-/m1/s1. The monoisotopic (exact) mass is 263 g/mol. The molecule has 18 heavy (non-hydrogen) atoms. The Kier molecular flexibility index (Phi) is 4.04. The molecule has 3 nitrogen and oxygen atoms in total. The molecule has 1 heterocycles. The molecule has 2 rings (SSSR count). The molecular weight excluding hydrogens is 246 g/mol. The van der Waals surface area contributed by atoms with Crippen molar-refractivity contribution in [1.29, 1.82) is 0 Å². The number of aryl methyl sites for hydroxylation is 2. The summed E-state index contributed by atoms with van der Waals surface area (Å²) in [6, 6.07) is 8.23. The molecule has 1 aromatic carbocycles. The second-order valence-electron chi connectivity index (χ2n) is 4.57. The Morgan fingerprint density at radius 1 is 1.28 bits per heavy atom. The molecule has 1 atom stereocenters. The second-order valence-corrected chi connectivity index (χ2v) is 5.00. The van der Waals surface area contributed by atoms with Crippen molar-refractivity contribution in [2.24, 2.45) is 0 Å². The quantitative estimate of drug-likeness (QED) is 0.886. The fraction of sp³-hybridized carbons (Fsp3) is 0.357. The van der Waals surface area contributed by atoms with E-state index in [-0.39, 0.29) is 6.04 Å². The average Bonchev–Trinajstić information content (AvgIpc) is 2.67. The van der Waals surface area contributed by atoms with E-state index in [0.717, 1.165) is 23.0 Å². The number of halogens is 1. The van der Waals surface area contributed by atoms with Crippen LogP contribution in [0.15, 0.2) is 24.3 Å². The molecule has 0 unspecified atom stereocenters. The first-order valence-electron chi connectivity index (χ1n) is 6.07. The predicted molar refractivity (Wildman–Crippen MR) is 74.8 cm³/mol. The first-order valence-corrected chi connectivity index (χ1v) is 6.45. The molecule has 2 aromatic rings. The molecule has 0 fully saturated rings. The van der Waals surface area contributed by atoms with Crippen LogP contribution in [-0.4, -0.2) is 10.2 Å². The van der Waals surface area contributed by atoms with Gasteiger partial charge >= 0.3 is 0 Å². The number of nitrogens with one attached hydrogen (secondary N) is 2. The lowest BCUT2D eigenvalue weighted by molar-refractivity contribution is 0.572. The van der Waals surface area contributed by atoms with E-state index in [1.165, 1.54) is 11.1 Å². The highest BCUT2D eigenvalue weighted by atomic mass is 35.5. The zero-order valence-corrected chi connectivity index (χ0v) is 11.7. The highest BCUT2D eigenvalue weighted by molar-refractivity contribution is 6.30. The van der Waals surface area contributed by atoms with Gasteiger partial charge in [0.1, 0.15) is 0 Å². The summed E-state index contributed by atoms with van der Waals surface area (Å²) in [5.74, 6) is 0. The third-order valence-electron chi connectivity index (χ3n) is 3.24. The molecule has 4 heteroatoms. The molecule has 0 bridgehead atoms. The Labute approximate surface area is 113 Å². The molecular formula is C14H18ClN3. The zero-order chi connectivity index (χ0) is 13.1. The van der Waals surface area contributed by atoms with Crippen molar-refractivity contribution in [2.45, 2.75) is 33.4 Å². The van der Waals surface area contributed by atoms with Crippen LogP contribution in [0, 0.1) is 13.8 Å². The summed E-state index contributed by atoms with van der Waals surface area (Å²) in [7, 11) is 0. The Morgan fingerprint density at radius 3 is 2.50 bits per heavy atom. The highest BCUT2D eigenvalue weighted by Crippen LogP contribution is 2.17. The normalized spacial score (nSPS) is 12.7. The van der Waals surface area contributed by atoms with Crippen LogP contribution in [0.25, 0.3) is 0 Å². The van der Waals surface area contributed by atoms with Crippen molar-refractivity contribution in [2.75, 3.05) is 0 Å². The average molecular weight is 264 g/mol. The van der Waals surface area contributed by atoms with Crippen molar-refractivity contribution in [3.63, 3.8) is 0 Å². The Balaban J connectivity index is 2.00. The summed E-state index contributed by atoms with van der Waals surface area (Å²) in [6.45, 7) is 7.03. The number of aromatic nitrogens is 2. The number of H-pyrrole nitrogens is 1. The molecule has 0 aliphatic rings. The van der Waals surface area contributed by atoms with Crippen molar-refractivity contribution in [3.05, 3.63) is 51.8 Å². The third-order valence-corrected chi connectivity index (χ3v) is 3.49. The zero-order valence-electron chi connectivity index (χ0n) is 10.9. The number of benzene rings is 1. The summed E-state index contributed by atoms with van der Waals surface area (Å²) in [5, 5.41) is 11.5. The van der Waals surface area contributed by atoms with Gasteiger partial charge in [0.15, 0.2) is 0 Å². The van der Waals surface area contributed by atoms with Gasteiger partial charge in [0, 0.05) is 28.9 Å². The van der Waals surface area contributed by atoms with E-state index in [9.17, 15) is 0 Å². The van der Waals surface area contributed by atoms with Crippen LogP contribution in [0.5, 0.6) is 0 Å². The third kappa shape index (κ3) is 2.92.